The van der Waals surface area contributed by atoms with Gasteiger partial charge < -0.3 is 5.11 Å². The van der Waals surface area contributed by atoms with Gasteiger partial charge in [0.25, 0.3) is 0 Å². The van der Waals surface area contributed by atoms with E-state index in [0.717, 1.165) is 11.0 Å². The van der Waals surface area contributed by atoms with Gasteiger partial charge >= 0.3 is 0 Å². The number of nitrogens with zero attached hydrogens (tertiary/aromatic N) is 2. The van der Waals surface area contributed by atoms with E-state index in [9.17, 15) is 0 Å². The van der Waals surface area contributed by atoms with Gasteiger partial charge in [0, 0.05) is 11.2 Å². The van der Waals surface area contributed by atoms with Crippen molar-refractivity contribution in [1.82, 2.24) is 15.2 Å². The lowest BCUT2D eigenvalue weighted by Gasteiger charge is -2.11. The Morgan fingerprint density at radius 2 is 2.15 bits per heavy atom. The summed E-state index contributed by atoms with van der Waals surface area (Å²) in [5.74, 6) is 1.46. The van der Waals surface area contributed by atoms with Crippen molar-refractivity contribution in [3.8, 4) is 0 Å². The summed E-state index contributed by atoms with van der Waals surface area (Å²) >= 11 is 1.48. The van der Waals surface area contributed by atoms with Gasteiger partial charge in [0.1, 0.15) is 0 Å². The van der Waals surface area contributed by atoms with E-state index in [1.165, 1.54) is 11.8 Å². The zero-order valence-electron chi connectivity index (χ0n) is 8.16. The van der Waals surface area contributed by atoms with Gasteiger partial charge in [-0.1, -0.05) is 32.5 Å². The average molecular weight is 201 g/mol. The number of aliphatic hydroxyl groups is 1. The predicted octanol–water partition coefficient (Wildman–Crippen LogP) is 1.19. The molecule has 0 aromatic carbocycles. The van der Waals surface area contributed by atoms with E-state index >= 15 is 0 Å². The predicted molar refractivity (Wildman–Crippen MR) is 52.9 cm³/mol. The lowest BCUT2D eigenvalue weighted by atomic mass is 9.96. The van der Waals surface area contributed by atoms with Gasteiger partial charge in [0.2, 0.25) is 0 Å². The molecular formula is C8H15N3OS. The van der Waals surface area contributed by atoms with E-state index in [1.807, 2.05) is 0 Å². The van der Waals surface area contributed by atoms with E-state index in [4.69, 9.17) is 5.11 Å². The minimum absolute atomic E-state index is 0.0193. The van der Waals surface area contributed by atoms with Crippen molar-refractivity contribution in [2.45, 2.75) is 31.3 Å². The molecule has 4 nitrogen and oxygen atoms in total. The highest BCUT2D eigenvalue weighted by Crippen LogP contribution is 2.20. The second kappa shape index (κ2) is 4.11. The Morgan fingerprint density at radius 1 is 1.46 bits per heavy atom. The van der Waals surface area contributed by atoms with Gasteiger partial charge in [-0.3, -0.25) is 5.10 Å². The maximum absolute atomic E-state index is 8.61. The van der Waals surface area contributed by atoms with Gasteiger partial charge in [-0.2, -0.15) is 5.10 Å². The highest BCUT2D eigenvalue weighted by molar-refractivity contribution is 7.99. The molecule has 13 heavy (non-hydrogen) atoms. The third-order valence-electron chi connectivity index (χ3n) is 1.47. The Kier molecular flexibility index (Phi) is 3.33. The van der Waals surface area contributed by atoms with Crippen LogP contribution in [0.2, 0.25) is 0 Å². The van der Waals surface area contributed by atoms with Crippen LogP contribution in [-0.2, 0) is 5.41 Å². The summed E-state index contributed by atoms with van der Waals surface area (Å²) in [6.07, 6.45) is 0. The van der Waals surface area contributed by atoms with Crippen molar-refractivity contribution in [2.24, 2.45) is 0 Å². The molecule has 1 rings (SSSR count). The molecule has 0 atom stereocenters. The van der Waals surface area contributed by atoms with Crippen LogP contribution in [0.4, 0.5) is 0 Å². The molecule has 0 bridgehead atoms. The zero-order chi connectivity index (χ0) is 9.90. The maximum atomic E-state index is 8.61. The molecule has 0 spiro atoms. The fourth-order valence-electron chi connectivity index (χ4n) is 0.789. The van der Waals surface area contributed by atoms with Crippen LogP contribution in [0.5, 0.6) is 0 Å². The summed E-state index contributed by atoms with van der Waals surface area (Å²) in [7, 11) is 0. The Bertz CT molecular complexity index is 267. The molecule has 5 heteroatoms. The standard InChI is InChI=1S/C8H15N3OS/c1-8(2,3)6-9-7(11-10-6)13-5-4-12/h12H,4-5H2,1-3H3,(H,9,10,11). The normalized spacial score (nSPS) is 12.0. The van der Waals surface area contributed by atoms with Crippen LogP contribution in [0, 0.1) is 0 Å². The van der Waals surface area contributed by atoms with Crippen LogP contribution in [0.15, 0.2) is 5.16 Å². The molecule has 0 radical (unpaired) electrons. The number of rotatable bonds is 3. The van der Waals surface area contributed by atoms with Gasteiger partial charge in [-0.25, -0.2) is 4.98 Å². The zero-order valence-corrected chi connectivity index (χ0v) is 8.98. The van der Waals surface area contributed by atoms with Gasteiger partial charge in [0.15, 0.2) is 11.0 Å². The van der Waals surface area contributed by atoms with Crippen LogP contribution in [0.25, 0.3) is 0 Å². The summed E-state index contributed by atoms with van der Waals surface area (Å²) in [5, 5.41) is 16.3. The molecule has 0 fully saturated rings. The quantitative estimate of drug-likeness (QED) is 0.721. The van der Waals surface area contributed by atoms with Crippen LogP contribution >= 0.6 is 11.8 Å². The lowest BCUT2D eigenvalue weighted by Crippen LogP contribution is -2.13. The molecular weight excluding hydrogens is 186 g/mol. The van der Waals surface area contributed by atoms with E-state index in [-0.39, 0.29) is 12.0 Å². The minimum Gasteiger partial charge on any atom is -0.396 e. The van der Waals surface area contributed by atoms with Crippen molar-refractivity contribution >= 4 is 11.8 Å². The molecule has 0 aliphatic heterocycles. The lowest BCUT2D eigenvalue weighted by molar-refractivity contribution is 0.322. The Labute approximate surface area is 82.2 Å². The first-order valence-corrected chi connectivity index (χ1v) is 5.19. The van der Waals surface area contributed by atoms with E-state index in [1.54, 1.807) is 0 Å². The first kappa shape index (κ1) is 10.5. The summed E-state index contributed by atoms with van der Waals surface area (Å²) < 4.78 is 0. The fourth-order valence-corrected chi connectivity index (χ4v) is 1.34. The number of nitrogens with one attached hydrogen (secondary N) is 1. The van der Waals surface area contributed by atoms with E-state index in [0.29, 0.717) is 5.75 Å². The number of aliphatic hydroxyl groups excluding tert-OH is 1. The monoisotopic (exact) mass is 201 g/mol. The SMILES string of the molecule is CC(C)(C)c1n[nH]c(SCCO)n1. The number of aromatic nitrogens is 3. The molecule has 2 N–H and O–H groups in total. The summed E-state index contributed by atoms with van der Waals surface area (Å²) in [5.41, 5.74) is -0.0193. The second-order valence-electron chi connectivity index (χ2n) is 3.79. The number of thioether (sulfide) groups is 1. The summed E-state index contributed by atoms with van der Waals surface area (Å²) in [6, 6.07) is 0. The molecule has 74 valence electrons. The van der Waals surface area contributed by atoms with E-state index < -0.39 is 0 Å². The molecule has 0 aliphatic rings. The average Bonchev–Trinajstić information content (AvgIpc) is 2.47. The third-order valence-corrected chi connectivity index (χ3v) is 2.31. The van der Waals surface area contributed by atoms with Crippen LogP contribution in [0.3, 0.4) is 0 Å². The van der Waals surface area contributed by atoms with Crippen molar-refractivity contribution < 1.29 is 5.11 Å². The Balaban J connectivity index is 2.64. The molecule has 1 aromatic rings. The first-order chi connectivity index (χ1) is 6.04. The Hall–Kier alpha value is -0.550. The highest BCUT2D eigenvalue weighted by atomic mass is 32.2. The summed E-state index contributed by atoms with van der Waals surface area (Å²) in [4.78, 5) is 4.30. The molecule has 0 amide bonds. The topological polar surface area (TPSA) is 61.8 Å². The minimum atomic E-state index is -0.0193. The number of hydrogen-bond donors (Lipinski definition) is 2. The van der Waals surface area contributed by atoms with E-state index in [2.05, 4.69) is 36.0 Å². The Morgan fingerprint density at radius 3 is 2.62 bits per heavy atom. The molecule has 0 aliphatic carbocycles. The van der Waals surface area contributed by atoms with Crippen molar-refractivity contribution in [1.29, 1.82) is 0 Å². The number of hydrogen-bond acceptors (Lipinski definition) is 4. The van der Waals surface area contributed by atoms with Crippen molar-refractivity contribution in [2.75, 3.05) is 12.4 Å². The largest absolute Gasteiger partial charge is 0.396 e. The molecule has 0 saturated heterocycles. The molecule has 0 unspecified atom stereocenters. The van der Waals surface area contributed by atoms with Crippen molar-refractivity contribution in [3.63, 3.8) is 0 Å². The third kappa shape index (κ3) is 3.00. The fraction of sp³-hybridized carbons (Fsp3) is 0.750. The van der Waals surface area contributed by atoms with Crippen LogP contribution in [0.1, 0.15) is 26.6 Å². The molecule has 1 heterocycles. The van der Waals surface area contributed by atoms with Gasteiger partial charge in [0.05, 0.1) is 6.61 Å². The maximum Gasteiger partial charge on any atom is 0.183 e. The number of aromatic amines is 1. The van der Waals surface area contributed by atoms with Crippen LogP contribution in [-0.4, -0.2) is 32.6 Å². The summed E-state index contributed by atoms with van der Waals surface area (Å²) in [6.45, 7) is 6.36. The van der Waals surface area contributed by atoms with Gasteiger partial charge in [-0.15, -0.1) is 0 Å². The van der Waals surface area contributed by atoms with Gasteiger partial charge in [-0.05, 0) is 0 Å². The molecule has 0 saturated carbocycles. The second-order valence-corrected chi connectivity index (χ2v) is 4.87. The van der Waals surface area contributed by atoms with Crippen molar-refractivity contribution in [3.05, 3.63) is 5.82 Å². The first-order valence-electron chi connectivity index (χ1n) is 4.20. The smallest absolute Gasteiger partial charge is 0.183 e. The highest BCUT2D eigenvalue weighted by Gasteiger charge is 2.19. The number of H-pyrrole nitrogens is 1. The molecule has 1 aromatic heterocycles. The van der Waals surface area contributed by atoms with Crippen LogP contribution < -0.4 is 0 Å².